The van der Waals surface area contributed by atoms with Gasteiger partial charge in [-0.25, -0.2) is 4.79 Å². The van der Waals surface area contributed by atoms with Crippen LogP contribution in [0.2, 0.25) is 0 Å². The number of thioether (sulfide) groups is 1. The van der Waals surface area contributed by atoms with E-state index < -0.39 is 6.03 Å². The lowest BCUT2D eigenvalue weighted by Crippen LogP contribution is -2.40. The van der Waals surface area contributed by atoms with Crippen molar-refractivity contribution in [3.05, 3.63) is 0 Å². The van der Waals surface area contributed by atoms with E-state index >= 15 is 0 Å². The van der Waals surface area contributed by atoms with Crippen LogP contribution in [0.25, 0.3) is 0 Å². The average Bonchev–Trinajstić information content (AvgIpc) is 2.91. The Morgan fingerprint density at radius 3 is 2.86 bits per heavy atom. The Morgan fingerprint density at radius 1 is 1.33 bits per heavy atom. The maximum atomic E-state index is 11.5. The molecule has 1 rings (SSSR count). The van der Waals surface area contributed by atoms with Gasteiger partial charge >= 0.3 is 6.03 Å². The normalized spacial score (nSPS) is 10.2. The number of carbonyl (C=O) groups is 2. The fourth-order valence-electron chi connectivity index (χ4n) is 1.17. The zero-order chi connectivity index (χ0) is 15.5. The van der Waals surface area contributed by atoms with Crippen molar-refractivity contribution >= 4 is 40.2 Å². The van der Waals surface area contributed by atoms with Gasteiger partial charge in [0, 0.05) is 20.2 Å². The minimum Gasteiger partial charge on any atom is -0.383 e. The van der Waals surface area contributed by atoms with E-state index in [0.29, 0.717) is 29.2 Å². The molecule has 1 aromatic heterocycles. The SMILES string of the molecule is CCCNC(=O)NC(=O)CSc1nnc(NCCOC)s1. The standard InChI is InChI=1S/C11H19N5O3S2/c1-3-4-12-9(18)14-8(17)7-20-11-16-15-10(21-11)13-5-6-19-2/h3-7H2,1-2H3,(H,13,15)(H2,12,14,17,18). The molecule has 0 aliphatic rings. The van der Waals surface area contributed by atoms with Gasteiger partial charge in [-0.2, -0.15) is 0 Å². The number of hydrogen-bond donors (Lipinski definition) is 3. The van der Waals surface area contributed by atoms with E-state index in [1.54, 1.807) is 7.11 Å². The van der Waals surface area contributed by atoms with Crippen LogP contribution >= 0.6 is 23.1 Å². The van der Waals surface area contributed by atoms with Crippen molar-refractivity contribution in [2.24, 2.45) is 0 Å². The number of anilines is 1. The summed E-state index contributed by atoms with van der Waals surface area (Å²) >= 11 is 2.59. The van der Waals surface area contributed by atoms with Crippen LogP contribution < -0.4 is 16.0 Å². The van der Waals surface area contributed by atoms with Crippen LogP contribution in [-0.4, -0.2) is 54.7 Å². The van der Waals surface area contributed by atoms with Gasteiger partial charge in [0.25, 0.3) is 0 Å². The quantitative estimate of drug-likeness (QED) is 0.456. The third-order valence-corrected chi connectivity index (χ3v) is 4.12. The van der Waals surface area contributed by atoms with E-state index in [-0.39, 0.29) is 11.7 Å². The monoisotopic (exact) mass is 333 g/mol. The second-order valence-corrected chi connectivity index (χ2v) is 6.09. The molecule has 0 unspecified atom stereocenters. The van der Waals surface area contributed by atoms with E-state index in [1.807, 2.05) is 6.92 Å². The molecule has 0 spiro atoms. The van der Waals surface area contributed by atoms with Gasteiger partial charge < -0.3 is 15.4 Å². The van der Waals surface area contributed by atoms with Gasteiger partial charge in [-0.3, -0.25) is 10.1 Å². The predicted molar refractivity (Wildman–Crippen MR) is 82.8 cm³/mol. The Labute approximate surface area is 131 Å². The summed E-state index contributed by atoms with van der Waals surface area (Å²) in [5.41, 5.74) is 0. The summed E-state index contributed by atoms with van der Waals surface area (Å²) in [7, 11) is 1.62. The summed E-state index contributed by atoms with van der Waals surface area (Å²) in [6.07, 6.45) is 0.819. The van der Waals surface area contributed by atoms with E-state index in [1.165, 1.54) is 23.1 Å². The highest BCUT2D eigenvalue weighted by molar-refractivity contribution is 8.01. The number of methoxy groups -OCH3 is 1. The smallest absolute Gasteiger partial charge is 0.321 e. The molecule has 10 heteroatoms. The van der Waals surface area contributed by atoms with Gasteiger partial charge in [-0.15, -0.1) is 10.2 Å². The molecule has 3 amide bonds. The van der Waals surface area contributed by atoms with Crippen LogP contribution in [0.15, 0.2) is 4.34 Å². The number of imide groups is 1. The minimum absolute atomic E-state index is 0.117. The maximum absolute atomic E-state index is 11.5. The highest BCUT2D eigenvalue weighted by Crippen LogP contribution is 2.24. The van der Waals surface area contributed by atoms with E-state index in [0.717, 1.165) is 6.42 Å². The first-order chi connectivity index (χ1) is 10.2. The number of carbonyl (C=O) groups excluding carboxylic acids is 2. The minimum atomic E-state index is -0.471. The lowest BCUT2D eigenvalue weighted by Gasteiger charge is -2.04. The molecule has 21 heavy (non-hydrogen) atoms. The molecule has 0 bridgehead atoms. The average molecular weight is 333 g/mol. The molecule has 0 radical (unpaired) electrons. The number of urea groups is 1. The van der Waals surface area contributed by atoms with E-state index in [2.05, 4.69) is 26.1 Å². The van der Waals surface area contributed by atoms with Crippen LogP contribution in [0.1, 0.15) is 13.3 Å². The van der Waals surface area contributed by atoms with Crippen LogP contribution in [0, 0.1) is 0 Å². The Kier molecular flexibility index (Phi) is 8.71. The van der Waals surface area contributed by atoms with E-state index in [9.17, 15) is 9.59 Å². The van der Waals surface area contributed by atoms with Crippen molar-refractivity contribution in [1.29, 1.82) is 0 Å². The predicted octanol–water partition coefficient (Wildman–Crippen LogP) is 0.924. The zero-order valence-electron chi connectivity index (χ0n) is 12.0. The molecule has 0 saturated carbocycles. The van der Waals surface area contributed by atoms with Crippen molar-refractivity contribution in [2.75, 3.05) is 37.9 Å². The molecule has 0 saturated heterocycles. The molecule has 0 fully saturated rings. The topological polar surface area (TPSA) is 105 Å². The summed E-state index contributed by atoms with van der Waals surface area (Å²) in [6.45, 7) is 3.70. The van der Waals surface area contributed by atoms with Crippen molar-refractivity contribution in [2.45, 2.75) is 17.7 Å². The first-order valence-corrected chi connectivity index (χ1v) is 8.22. The van der Waals surface area contributed by atoms with Crippen molar-refractivity contribution in [3.8, 4) is 0 Å². The number of nitrogens with one attached hydrogen (secondary N) is 3. The van der Waals surface area contributed by atoms with Gasteiger partial charge in [0.1, 0.15) is 0 Å². The number of aromatic nitrogens is 2. The van der Waals surface area contributed by atoms with Crippen molar-refractivity contribution < 1.29 is 14.3 Å². The molecule has 0 atom stereocenters. The highest BCUT2D eigenvalue weighted by atomic mass is 32.2. The Morgan fingerprint density at radius 2 is 2.14 bits per heavy atom. The summed E-state index contributed by atoms with van der Waals surface area (Å²) in [5.74, 6) is -0.246. The second-order valence-electron chi connectivity index (χ2n) is 3.89. The number of amides is 3. The number of nitrogens with zero attached hydrogens (tertiary/aromatic N) is 2. The largest absolute Gasteiger partial charge is 0.383 e. The number of rotatable bonds is 9. The lowest BCUT2D eigenvalue weighted by molar-refractivity contribution is -0.117. The zero-order valence-corrected chi connectivity index (χ0v) is 13.6. The molecule has 0 aliphatic heterocycles. The maximum Gasteiger partial charge on any atom is 0.321 e. The van der Waals surface area contributed by atoms with Crippen molar-refractivity contribution in [3.63, 3.8) is 0 Å². The molecule has 8 nitrogen and oxygen atoms in total. The Hall–Kier alpha value is -1.39. The number of ether oxygens (including phenoxy) is 1. The van der Waals surface area contributed by atoms with Gasteiger partial charge in [-0.1, -0.05) is 30.0 Å². The van der Waals surface area contributed by atoms with Gasteiger partial charge in [0.2, 0.25) is 11.0 Å². The lowest BCUT2D eigenvalue weighted by atomic mass is 10.5. The fourth-order valence-corrected chi connectivity index (χ4v) is 2.75. The van der Waals surface area contributed by atoms with Crippen LogP contribution in [-0.2, 0) is 9.53 Å². The Bertz CT molecular complexity index is 455. The molecular weight excluding hydrogens is 314 g/mol. The molecule has 0 aliphatic carbocycles. The summed E-state index contributed by atoms with van der Waals surface area (Å²) in [6, 6.07) is -0.471. The van der Waals surface area contributed by atoms with E-state index in [4.69, 9.17) is 4.74 Å². The molecular formula is C11H19N5O3S2. The summed E-state index contributed by atoms with van der Waals surface area (Å²) in [5, 5.41) is 16.4. The Balaban J connectivity index is 2.25. The van der Waals surface area contributed by atoms with Gasteiger partial charge in [-0.05, 0) is 6.42 Å². The molecule has 1 aromatic rings. The first-order valence-electron chi connectivity index (χ1n) is 6.42. The second kappa shape index (κ2) is 10.4. The van der Waals surface area contributed by atoms with Crippen molar-refractivity contribution in [1.82, 2.24) is 20.8 Å². The number of hydrogen-bond acceptors (Lipinski definition) is 8. The highest BCUT2D eigenvalue weighted by Gasteiger charge is 2.10. The summed E-state index contributed by atoms with van der Waals surface area (Å²) in [4.78, 5) is 22.8. The third kappa shape index (κ3) is 7.83. The molecule has 118 valence electrons. The van der Waals surface area contributed by atoms with Gasteiger partial charge in [0.05, 0.1) is 12.4 Å². The summed E-state index contributed by atoms with van der Waals surface area (Å²) < 4.78 is 5.58. The van der Waals surface area contributed by atoms with Crippen LogP contribution in [0.3, 0.4) is 0 Å². The van der Waals surface area contributed by atoms with Crippen LogP contribution in [0.4, 0.5) is 9.93 Å². The third-order valence-electron chi connectivity index (χ3n) is 2.10. The molecule has 1 heterocycles. The first kappa shape index (κ1) is 17.7. The molecule has 0 aromatic carbocycles. The van der Waals surface area contributed by atoms with Gasteiger partial charge in [0.15, 0.2) is 4.34 Å². The fraction of sp³-hybridized carbons (Fsp3) is 0.636. The van der Waals surface area contributed by atoms with Crippen LogP contribution in [0.5, 0.6) is 0 Å². The molecule has 3 N–H and O–H groups in total.